The molecule has 1 aliphatic heterocycles. The molecule has 0 spiro atoms. The quantitative estimate of drug-likeness (QED) is 0.550. The molecule has 0 aromatic rings. The summed E-state index contributed by atoms with van der Waals surface area (Å²) in [5.74, 6) is -0.343. The fourth-order valence-electron chi connectivity index (χ4n) is 1.71. The van der Waals surface area contributed by atoms with Crippen LogP contribution < -0.4 is 0 Å². The lowest BCUT2D eigenvalue weighted by Crippen LogP contribution is -2.13. The monoisotopic (exact) mass is 270 g/mol. The fourth-order valence-corrected chi connectivity index (χ4v) is 2.26. The molecule has 1 rings (SSSR count). The van der Waals surface area contributed by atoms with E-state index in [2.05, 4.69) is 6.58 Å². The zero-order valence-electron chi connectivity index (χ0n) is 11.0. The summed E-state index contributed by atoms with van der Waals surface area (Å²) in [5.41, 5.74) is 1.30. The van der Waals surface area contributed by atoms with Gasteiger partial charge in [-0.25, -0.2) is 4.79 Å². The Morgan fingerprint density at radius 1 is 1.50 bits per heavy atom. The Balaban J connectivity index is 2.71. The van der Waals surface area contributed by atoms with E-state index >= 15 is 0 Å². The molecule has 0 aromatic carbocycles. The summed E-state index contributed by atoms with van der Waals surface area (Å²) in [6.07, 6.45) is 5.26. The summed E-state index contributed by atoms with van der Waals surface area (Å²) >= 11 is 0. The van der Waals surface area contributed by atoms with Crippen LogP contribution in [0.1, 0.15) is 13.3 Å². The number of ether oxygens (including phenoxy) is 1. The van der Waals surface area contributed by atoms with Crippen molar-refractivity contribution < 1.29 is 18.6 Å². The molecular formula is C13H19O4P. The number of carbonyl (C=O) groups is 1. The Hall–Kier alpha value is -1.12. The van der Waals surface area contributed by atoms with Crippen LogP contribution in [0.2, 0.25) is 0 Å². The van der Waals surface area contributed by atoms with Gasteiger partial charge in [-0.1, -0.05) is 24.8 Å². The highest BCUT2D eigenvalue weighted by molar-refractivity contribution is 7.57. The van der Waals surface area contributed by atoms with Gasteiger partial charge in [-0.3, -0.25) is 4.57 Å². The van der Waals surface area contributed by atoms with Gasteiger partial charge in [-0.05, 0) is 6.92 Å². The van der Waals surface area contributed by atoms with Crippen molar-refractivity contribution in [3.05, 3.63) is 36.0 Å². The van der Waals surface area contributed by atoms with Crippen molar-refractivity contribution in [2.75, 3.05) is 19.9 Å². The molecule has 0 saturated carbocycles. The lowest BCUT2D eigenvalue weighted by Gasteiger charge is -2.13. The molecule has 100 valence electrons. The van der Waals surface area contributed by atoms with Gasteiger partial charge in [-0.15, -0.1) is 0 Å². The molecule has 1 heterocycles. The minimum absolute atomic E-state index is 0.294. The van der Waals surface area contributed by atoms with Gasteiger partial charge < -0.3 is 9.26 Å². The predicted molar refractivity (Wildman–Crippen MR) is 71.9 cm³/mol. The molecule has 0 fully saturated rings. The number of cyclic esters (lactones) is 1. The SMILES string of the molecule is C=CC1=C(/C=C\C)C(=O)OC1CCOP(C)(C)=O. The van der Waals surface area contributed by atoms with Gasteiger partial charge in [0.15, 0.2) is 7.37 Å². The molecule has 0 N–H and O–H groups in total. The Kier molecular flexibility index (Phi) is 5.12. The van der Waals surface area contributed by atoms with E-state index in [1.54, 1.807) is 31.6 Å². The molecule has 0 aliphatic carbocycles. The van der Waals surface area contributed by atoms with Crippen LogP contribution in [0.3, 0.4) is 0 Å². The maximum absolute atomic E-state index is 11.6. The number of allylic oxidation sites excluding steroid dienone is 1. The molecule has 0 saturated heterocycles. The summed E-state index contributed by atoms with van der Waals surface area (Å²) in [5, 5.41) is 0. The molecule has 4 nitrogen and oxygen atoms in total. The predicted octanol–water partition coefficient (Wildman–Crippen LogP) is 2.91. The topological polar surface area (TPSA) is 52.6 Å². The van der Waals surface area contributed by atoms with E-state index in [-0.39, 0.29) is 12.1 Å². The zero-order valence-corrected chi connectivity index (χ0v) is 11.9. The molecular weight excluding hydrogens is 251 g/mol. The molecule has 0 amide bonds. The van der Waals surface area contributed by atoms with Gasteiger partial charge in [0.05, 0.1) is 12.2 Å². The van der Waals surface area contributed by atoms with Crippen LogP contribution in [0.25, 0.3) is 0 Å². The van der Waals surface area contributed by atoms with E-state index in [1.807, 2.05) is 6.92 Å². The van der Waals surface area contributed by atoms with Gasteiger partial charge in [0.25, 0.3) is 0 Å². The van der Waals surface area contributed by atoms with E-state index in [9.17, 15) is 9.36 Å². The zero-order chi connectivity index (χ0) is 13.8. The maximum Gasteiger partial charge on any atom is 0.339 e. The Morgan fingerprint density at radius 3 is 2.67 bits per heavy atom. The largest absolute Gasteiger partial charge is 0.454 e. The lowest BCUT2D eigenvalue weighted by molar-refractivity contribution is -0.139. The third-order valence-electron chi connectivity index (χ3n) is 2.46. The average Bonchev–Trinajstić information content (AvgIpc) is 2.54. The highest BCUT2D eigenvalue weighted by Gasteiger charge is 2.30. The number of hydrogen-bond acceptors (Lipinski definition) is 4. The fraction of sp³-hybridized carbons (Fsp3) is 0.462. The molecule has 0 aromatic heterocycles. The summed E-state index contributed by atoms with van der Waals surface area (Å²) in [6.45, 7) is 8.94. The van der Waals surface area contributed by atoms with E-state index < -0.39 is 7.37 Å². The minimum Gasteiger partial charge on any atom is -0.454 e. The second-order valence-corrected chi connectivity index (χ2v) is 7.10. The first kappa shape index (κ1) is 14.9. The van der Waals surface area contributed by atoms with E-state index in [4.69, 9.17) is 9.26 Å². The molecule has 18 heavy (non-hydrogen) atoms. The smallest absolute Gasteiger partial charge is 0.339 e. The summed E-state index contributed by atoms with van der Waals surface area (Å²) in [4.78, 5) is 11.6. The van der Waals surface area contributed by atoms with Crippen LogP contribution in [-0.4, -0.2) is 32.0 Å². The molecule has 1 aliphatic rings. The van der Waals surface area contributed by atoms with Crippen LogP contribution in [0.15, 0.2) is 36.0 Å². The van der Waals surface area contributed by atoms with E-state index in [0.717, 1.165) is 5.57 Å². The second kappa shape index (κ2) is 6.17. The molecule has 5 heteroatoms. The first-order valence-corrected chi connectivity index (χ1v) is 8.30. The summed E-state index contributed by atoms with van der Waals surface area (Å²) in [6, 6.07) is 0. The van der Waals surface area contributed by atoms with Crippen molar-refractivity contribution in [1.82, 2.24) is 0 Å². The van der Waals surface area contributed by atoms with Crippen molar-refractivity contribution in [2.24, 2.45) is 0 Å². The first-order valence-electron chi connectivity index (χ1n) is 5.79. The van der Waals surface area contributed by atoms with Crippen molar-refractivity contribution in [3.63, 3.8) is 0 Å². The number of carbonyl (C=O) groups excluding carboxylic acids is 1. The van der Waals surface area contributed by atoms with Gasteiger partial charge in [-0.2, -0.15) is 0 Å². The molecule has 1 unspecified atom stereocenters. The minimum atomic E-state index is -2.49. The number of esters is 1. The van der Waals surface area contributed by atoms with Crippen molar-refractivity contribution in [3.8, 4) is 0 Å². The van der Waals surface area contributed by atoms with Crippen molar-refractivity contribution >= 4 is 13.3 Å². The van der Waals surface area contributed by atoms with Crippen LogP contribution in [-0.2, 0) is 18.6 Å². The Morgan fingerprint density at radius 2 is 2.17 bits per heavy atom. The second-order valence-electron chi connectivity index (χ2n) is 4.34. The Bertz CT molecular complexity index is 442. The number of hydrogen-bond donors (Lipinski definition) is 0. The molecule has 0 bridgehead atoms. The third kappa shape index (κ3) is 3.97. The van der Waals surface area contributed by atoms with Gasteiger partial charge in [0, 0.05) is 25.3 Å². The van der Waals surface area contributed by atoms with Crippen LogP contribution in [0.4, 0.5) is 0 Å². The molecule has 0 radical (unpaired) electrons. The van der Waals surface area contributed by atoms with Crippen LogP contribution in [0, 0.1) is 0 Å². The van der Waals surface area contributed by atoms with Gasteiger partial charge in [0.1, 0.15) is 6.10 Å². The first-order chi connectivity index (χ1) is 8.39. The normalized spacial score (nSPS) is 20.6. The average molecular weight is 270 g/mol. The standard InChI is InChI=1S/C13H19O4P/c1-5-7-11-10(6-2)12(17-13(11)14)8-9-16-18(3,4)15/h5-7,12H,2,8-9H2,1,3-4H3/b7-5-. The Labute approximate surface area is 108 Å². The lowest BCUT2D eigenvalue weighted by atomic mass is 10.0. The van der Waals surface area contributed by atoms with E-state index in [1.165, 1.54) is 0 Å². The molecule has 1 atom stereocenters. The number of rotatable bonds is 6. The highest BCUT2D eigenvalue weighted by atomic mass is 31.2. The van der Waals surface area contributed by atoms with Gasteiger partial charge >= 0.3 is 5.97 Å². The van der Waals surface area contributed by atoms with Crippen LogP contribution in [0.5, 0.6) is 0 Å². The van der Waals surface area contributed by atoms with Crippen molar-refractivity contribution in [1.29, 1.82) is 0 Å². The third-order valence-corrected chi connectivity index (χ3v) is 3.27. The summed E-state index contributed by atoms with van der Waals surface area (Å²) < 4.78 is 21.8. The highest BCUT2D eigenvalue weighted by Crippen LogP contribution is 2.38. The van der Waals surface area contributed by atoms with E-state index in [0.29, 0.717) is 18.6 Å². The maximum atomic E-state index is 11.6. The van der Waals surface area contributed by atoms with Gasteiger partial charge in [0.2, 0.25) is 0 Å². The summed E-state index contributed by atoms with van der Waals surface area (Å²) in [7, 11) is -2.49. The van der Waals surface area contributed by atoms with Crippen LogP contribution >= 0.6 is 7.37 Å². The van der Waals surface area contributed by atoms with Crippen molar-refractivity contribution in [2.45, 2.75) is 19.4 Å².